The first-order valence-corrected chi connectivity index (χ1v) is 10.8. The summed E-state index contributed by atoms with van der Waals surface area (Å²) in [6.07, 6.45) is 1.15. The van der Waals surface area contributed by atoms with Crippen LogP contribution in [0.2, 0.25) is 0 Å². The Morgan fingerprint density at radius 3 is 2.28 bits per heavy atom. The standard InChI is InChI=1S/C24H35N3O2/c1-5-28-22-13-10-20(18-23(22)29-6-2)24(27-16-7-14-25-15-17-27)19-8-11-21(12-9-19)26(3)4/h8-13,18,24-25H,5-7,14-17H2,1-4H3. The van der Waals surface area contributed by atoms with E-state index in [9.17, 15) is 0 Å². The highest BCUT2D eigenvalue weighted by molar-refractivity contribution is 5.50. The molecule has 1 unspecified atom stereocenters. The number of rotatable bonds is 8. The molecule has 1 fully saturated rings. The molecule has 0 aliphatic carbocycles. The first-order valence-electron chi connectivity index (χ1n) is 10.8. The zero-order valence-corrected chi connectivity index (χ0v) is 18.3. The molecule has 0 radical (unpaired) electrons. The van der Waals surface area contributed by atoms with Gasteiger partial charge in [0.1, 0.15) is 0 Å². The third kappa shape index (κ3) is 5.43. The lowest BCUT2D eigenvalue weighted by Gasteiger charge is -2.32. The fourth-order valence-electron chi connectivity index (χ4n) is 3.93. The quantitative estimate of drug-likeness (QED) is 0.730. The molecule has 0 aromatic heterocycles. The second-order valence-corrected chi connectivity index (χ2v) is 7.60. The maximum atomic E-state index is 5.92. The Labute approximate surface area is 175 Å². The lowest BCUT2D eigenvalue weighted by molar-refractivity contribution is 0.239. The molecule has 0 amide bonds. The third-order valence-corrected chi connectivity index (χ3v) is 5.35. The van der Waals surface area contributed by atoms with Gasteiger partial charge in [0.2, 0.25) is 0 Å². The van der Waals surface area contributed by atoms with Gasteiger partial charge in [-0.25, -0.2) is 0 Å². The lowest BCUT2D eigenvalue weighted by atomic mass is 9.96. The minimum atomic E-state index is 0.195. The van der Waals surface area contributed by atoms with Gasteiger partial charge in [0.15, 0.2) is 11.5 Å². The molecule has 3 rings (SSSR count). The van der Waals surface area contributed by atoms with Crippen molar-refractivity contribution in [1.29, 1.82) is 0 Å². The van der Waals surface area contributed by atoms with Gasteiger partial charge in [-0.3, -0.25) is 4.90 Å². The summed E-state index contributed by atoms with van der Waals surface area (Å²) in [4.78, 5) is 4.72. The van der Waals surface area contributed by atoms with Crippen LogP contribution in [0.25, 0.3) is 0 Å². The zero-order valence-electron chi connectivity index (χ0n) is 18.3. The Bertz CT molecular complexity index is 753. The molecular weight excluding hydrogens is 362 g/mol. The minimum absolute atomic E-state index is 0.195. The highest BCUT2D eigenvalue weighted by Crippen LogP contribution is 2.36. The molecule has 158 valence electrons. The van der Waals surface area contributed by atoms with Gasteiger partial charge in [0.05, 0.1) is 19.3 Å². The highest BCUT2D eigenvalue weighted by Gasteiger charge is 2.24. The second-order valence-electron chi connectivity index (χ2n) is 7.60. The van der Waals surface area contributed by atoms with Crippen molar-refractivity contribution in [1.82, 2.24) is 10.2 Å². The Morgan fingerprint density at radius 2 is 1.59 bits per heavy atom. The summed E-state index contributed by atoms with van der Waals surface area (Å²) in [5.41, 5.74) is 3.77. The molecule has 1 aliphatic heterocycles. The second kappa shape index (κ2) is 10.5. The molecule has 1 heterocycles. The molecule has 1 N–H and O–H groups in total. The molecule has 2 aromatic carbocycles. The first kappa shape index (κ1) is 21.5. The maximum absolute atomic E-state index is 5.92. The minimum Gasteiger partial charge on any atom is -0.490 e. The number of hydrogen-bond acceptors (Lipinski definition) is 5. The van der Waals surface area contributed by atoms with Crippen LogP contribution in [0.3, 0.4) is 0 Å². The van der Waals surface area contributed by atoms with Crippen molar-refractivity contribution >= 4 is 5.69 Å². The summed E-state index contributed by atoms with van der Waals surface area (Å²) < 4.78 is 11.7. The van der Waals surface area contributed by atoms with Gasteiger partial charge in [0.25, 0.3) is 0 Å². The van der Waals surface area contributed by atoms with E-state index < -0.39 is 0 Å². The topological polar surface area (TPSA) is 37.0 Å². The summed E-state index contributed by atoms with van der Waals surface area (Å²) in [6, 6.07) is 15.5. The van der Waals surface area contributed by atoms with Crippen molar-refractivity contribution in [2.24, 2.45) is 0 Å². The Balaban J connectivity index is 2.01. The van der Waals surface area contributed by atoms with Crippen molar-refractivity contribution in [2.45, 2.75) is 26.3 Å². The van der Waals surface area contributed by atoms with Gasteiger partial charge in [-0.1, -0.05) is 18.2 Å². The molecule has 5 heteroatoms. The number of nitrogens with one attached hydrogen (secondary N) is 1. The van der Waals surface area contributed by atoms with E-state index >= 15 is 0 Å². The smallest absolute Gasteiger partial charge is 0.161 e. The van der Waals surface area contributed by atoms with E-state index in [1.807, 2.05) is 13.8 Å². The molecule has 5 nitrogen and oxygen atoms in total. The summed E-state index contributed by atoms with van der Waals surface area (Å²) in [7, 11) is 4.15. The summed E-state index contributed by atoms with van der Waals surface area (Å²) in [5, 5.41) is 3.52. The molecule has 1 aliphatic rings. The Kier molecular flexibility index (Phi) is 7.78. The van der Waals surface area contributed by atoms with Crippen molar-refractivity contribution in [3.63, 3.8) is 0 Å². The van der Waals surface area contributed by atoms with Crippen LogP contribution in [-0.4, -0.2) is 58.4 Å². The van der Waals surface area contributed by atoms with E-state index in [1.165, 1.54) is 16.8 Å². The van der Waals surface area contributed by atoms with E-state index in [0.717, 1.165) is 44.1 Å². The molecule has 29 heavy (non-hydrogen) atoms. The predicted octanol–water partition coefficient (Wildman–Crippen LogP) is 3.93. The highest BCUT2D eigenvalue weighted by atomic mass is 16.5. The molecule has 2 aromatic rings. The van der Waals surface area contributed by atoms with Crippen LogP contribution in [0.1, 0.15) is 37.4 Å². The van der Waals surface area contributed by atoms with Gasteiger partial charge < -0.3 is 19.7 Å². The van der Waals surface area contributed by atoms with Gasteiger partial charge in [0, 0.05) is 39.4 Å². The third-order valence-electron chi connectivity index (χ3n) is 5.35. The number of nitrogens with zero attached hydrogens (tertiary/aromatic N) is 2. The molecule has 0 saturated carbocycles. The average Bonchev–Trinajstić information content (AvgIpc) is 3.00. The maximum Gasteiger partial charge on any atom is 0.161 e. The summed E-state index contributed by atoms with van der Waals surface area (Å²) in [6.45, 7) is 9.47. The molecule has 1 saturated heterocycles. The van der Waals surface area contributed by atoms with Crippen molar-refractivity contribution in [3.05, 3.63) is 53.6 Å². The normalized spacial score (nSPS) is 16.1. The molecule has 0 spiro atoms. The number of anilines is 1. The summed E-state index contributed by atoms with van der Waals surface area (Å²) >= 11 is 0. The Morgan fingerprint density at radius 1 is 0.897 bits per heavy atom. The fourth-order valence-corrected chi connectivity index (χ4v) is 3.93. The molecule has 1 atom stereocenters. The van der Waals surface area contributed by atoms with Crippen LogP contribution in [0.4, 0.5) is 5.69 Å². The van der Waals surface area contributed by atoms with Crippen molar-refractivity contribution in [3.8, 4) is 11.5 Å². The Hall–Kier alpha value is -2.24. The number of hydrogen-bond donors (Lipinski definition) is 1. The lowest BCUT2D eigenvalue weighted by Crippen LogP contribution is -2.33. The molecule has 0 bridgehead atoms. The van der Waals surface area contributed by atoms with E-state index in [-0.39, 0.29) is 6.04 Å². The zero-order chi connectivity index (χ0) is 20.6. The van der Waals surface area contributed by atoms with Crippen molar-refractivity contribution < 1.29 is 9.47 Å². The first-order chi connectivity index (χ1) is 14.1. The van der Waals surface area contributed by atoms with Gasteiger partial charge in [-0.05, 0) is 62.2 Å². The van der Waals surface area contributed by atoms with Crippen LogP contribution in [0, 0.1) is 0 Å². The van der Waals surface area contributed by atoms with E-state index in [0.29, 0.717) is 13.2 Å². The van der Waals surface area contributed by atoms with E-state index in [2.05, 4.69) is 71.7 Å². The monoisotopic (exact) mass is 397 g/mol. The van der Waals surface area contributed by atoms with Crippen molar-refractivity contribution in [2.75, 3.05) is 58.4 Å². The van der Waals surface area contributed by atoms with Crippen LogP contribution >= 0.6 is 0 Å². The number of benzene rings is 2. The molecular formula is C24H35N3O2. The van der Waals surface area contributed by atoms with Gasteiger partial charge >= 0.3 is 0 Å². The van der Waals surface area contributed by atoms with Crippen LogP contribution in [0.5, 0.6) is 11.5 Å². The van der Waals surface area contributed by atoms with Crippen LogP contribution in [-0.2, 0) is 0 Å². The SMILES string of the molecule is CCOc1ccc(C(c2ccc(N(C)C)cc2)N2CCCNCC2)cc1OCC. The number of ether oxygens (including phenoxy) is 2. The largest absolute Gasteiger partial charge is 0.490 e. The van der Waals surface area contributed by atoms with E-state index in [1.54, 1.807) is 0 Å². The predicted molar refractivity (Wildman–Crippen MR) is 120 cm³/mol. The fraction of sp³-hybridized carbons (Fsp3) is 0.500. The van der Waals surface area contributed by atoms with Gasteiger partial charge in [-0.2, -0.15) is 0 Å². The van der Waals surface area contributed by atoms with E-state index in [4.69, 9.17) is 9.47 Å². The van der Waals surface area contributed by atoms with Crippen LogP contribution in [0.15, 0.2) is 42.5 Å². The van der Waals surface area contributed by atoms with Crippen LogP contribution < -0.4 is 19.7 Å². The summed E-state index contributed by atoms with van der Waals surface area (Å²) in [5.74, 6) is 1.65. The average molecular weight is 398 g/mol. The van der Waals surface area contributed by atoms with Gasteiger partial charge in [-0.15, -0.1) is 0 Å².